The molecule has 154 valence electrons. The molecule has 27 heavy (non-hydrogen) atoms. The summed E-state index contributed by atoms with van der Waals surface area (Å²) >= 11 is 0. The molecule has 4 unspecified atom stereocenters. The molecule has 9 heteroatoms. The molecule has 0 bridgehead atoms. The minimum Gasteiger partial charge on any atom is -0.480 e. The van der Waals surface area contributed by atoms with Gasteiger partial charge in [0.1, 0.15) is 11.0 Å². The molecule has 0 saturated carbocycles. The molecule has 2 heterocycles. The van der Waals surface area contributed by atoms with E-state index in [9.17, 15) is 19.5 Å². The molecule has 0 radical (unpaired) electrons. The first-order chi connectivity index (χ1) is 12.5. The van der Waals surface area contributed by atoms with E-state index in [4.69, 9.17) is 10.5 Å². The maximum Gasteiger partial charge on any atom is 0.411 e. The average Bonchev–Trinajstić information content (AvgIpc) is 3.08. The summed E-state index contributed by atoms with van der Waals surface area (Å²) in [6.45, 7) is 8.71. The third kappa shape index (κ3) is 4.25. The van der Waals surface area contributed by atoms with Crippen molar-refractivity contribution in [2.75, 3.05) is 32.7 Å². The fraction of sp³-hybridized carbons (Fsp3) is 0.833. The molecule has 2 aliphatic rings. The van der Waals surface area contributed by atoms with Crippen LogP contribution in [0.3, 0.4) is 0 Å². The first-order valence-electron chi connectivity index (χ1n) is 9.46. The SMILES string of the molecule is CC(CN)C(=O)C1(C(=O)O)CCNCC1C1NCCN1C(=O)OC(C)(C)C. The molecular weight excluding hydrogens is 352 g/mol. The number of carboxylic acid groups (broad SMARTS) is 1. The highest BCUT2D eigenvalue weighted by atomic mass is 16.6. The van der Waals surface area contributed by atoms with Crippen molar-refractivity contribution in [2.24, 2.45) is 23.0 Å². The van der Waals surface area contributed by atoms with Gasteiger partial charge in [0.2, 0.25) is 0 Å². The lowest BCUT2D eigenvalue weighted by atomic mass is 9.64. The first kappa shape index (κ1) is 21.6. The number of Topliss-reactive ketones (excluding diaryl/α,β-unsaturated/α-hetero) is 1. The molecule has 5 N–H and O–H groups in total. The van der Waals surface area contributed by atoms with E-state index in [2.05, 4.69) is 10.6 Å². The molecule has 2 rings (SSSR count). The number of ether oxygens (including phenoxy) is 1. The lowest BCUT2D eigenvalue weighted by Gasteiger charge is -2.45. The number of carboxylic acids is 1. The zero-order chi connectivity index (χ0) is 20.4. The highest BCUT2D eigenvalue weighted by Gasteiger charge is 2.58. The van der Waals surface area contributed by atoms with Crippen LogP contribution in [-0.4, -0.2) is 72.3 Å². The molecule has 0 aromatic carbocycles. The van der Waals surface area contributed by atoms with Crippen LogP contribution in [0.4, 0.5) is 4.79 Å². The lowest BCUT2D eigenvalue weighted by Crippen LogP contribution is -2.64. The molecule has 2 aliphatic heterocycles. The van der Waals surface area contributed by atoms with Gasteiger partial charge >= 0.3 is 12.1 Å². The van der Waals surface area contributed by atoms with Gasteiger partial charge in [0, 0.05) is 38.0 Å². The Kier molecular flexibility index (Phi) is 6.49. The van der Waals surface area contributed by atoms with E-state index in [-0.39, 0.29) is 18.7 Å². The number of carbonyl (C=O) groups is 3. The van der Waals surface area contributed by atoms with Gasteiger partial charge in [-0.05, 0) is 33.7 Å². The second-order valence-electron chi connectivity index (χ2n) is 8.41. The van der Waals surface area contributed by atoms with E-state index < -0.39 is 41.1 Å². The van der Waals surface area contributed by atoms with Crippen LogP contribution in [0.1, 0.15) is 34.1 Å². The van der Waals surface area contributed by atoms with Gasteiger partial charge in [-0.15, -0.1) is 0 Å². The van der Waals surface area contributed by atoms with E-state index in [0.717, 1.165) is 0 Å². The van der Waals surface area contributed by atoms with E-state index in [1.54, 1.807) is 27.7 Å². The van der Waals surface area contributed by atoms with Crippen molar-refractivity contribution in [3.63, 3.8) is 0 Å². The number of nitrogens with zero attached hydrogens (tertiary/aromatic N) is 1. The van der Waals surface area contributed by atoms with Crippen molar-refractivity contribution in [2.45, 2.75) is 45.9 Å². The molecule has 1 amide bonds. The van der Waals surface area contributed by atoms with Crippen LogP contribution < -0.4 is 16.4 Å². The Morgan fingerprint density at radius 3 is 2.56 bits per heavy atom. The van der Waals surface area contributed by atoms with E-state index in [1.165, 1.54) is 4.90 Å². The molecule has 0 aliphatic carbocycles. The summed E-state index contributed by atoms with van der Waals surface area (Å²) in [6, 6.07) is 0. The van der Waals surface area contributed by atoms with Gasteiger partial charge in [0.25, 0.3) is 0 Å². The van der Waals surface area contributed by atoms with Crippen molar-refractivity contribution >= 4 is 17.8 Å². The summed E-state index contributed by atoms with van der Waals surface area (Å²) in [4.78, 5) is 39.6. The average molecular weight is 384 g/mol. The molecule has 2 saturated heterocycles. The number of ketones is 1. The Hall–Kier alpha value is -1.71. The van der Waals surface area contributed by atoms with Crippen LogP contribution in [-0.2, 0) is 14.3 Å². The molecule has 2 fully saturated rings. The van der Waals surface area contributed by atoms with Gasteiger partial charge in [0.05, 0.1) is 6.17 Å². The van der Waals surface area contributed by atoms with Gasteiger partial charge in [-0.3, -0.25) is 19.8 Å². The summed E-state index contributed by atoms with van der Waals surface area (Å²) in [5.41, 5.74) is 3.40. The van der Waals surface area contributed by atoms with E-state index in [1.807, 2.05) is 0 Å². The zero-order valence-electron chi connectivity index (χ0n) is 16.6. The van der Waals surface area contributed by atoms with Gasteiger partial charge in [-0.25, -0.2) is 4.79 Å². The number of nitrogens with two attached hydrogens (primary N) is 1. The van der Waals surface area contributed by atoms with Crippen LogP contribution in [0, 0.1) is 17.3 Å². The summed E-state index contributed by atoms with van der Waals surface area (Å²) in [7, 11) is 0. The van der Waals surface area contributed by atoms with Crippen LogP contribution >= 0.6 is 0 Å². The predicted octanol–water partition coefficient (Wildman–Crippen LogP) is -0.00280. The molecule has 9 nitrogen and oxygen atoms in total. The lowest BCUT2D eigenvalue weighted by molar-refractivity contribution is -0.165. The number of carbonyl (C=O) groups excluding carboxylic acids is 2. The van der Waals surface area contributed by atoms with Crippen molar-refractivity contribution in [1.82, 2.24) is 15.5 Å². The van der Waals surface area contributed by atoms with E-state index >= 15 is 0 Å². The topological polar surface area (TPSA) is 134 Å². The van der Waals surface area contributed by atoms with Gasteiger partial charge in [-0.1, -0.05) is 6.92 Å². The summed E-state index contributed by atoms with van der Waals surface area (Å²) in [6.07, 6.45) is -0.948. The minimum absolute atomic E-state index is 0.0852. The van der Waals surface area contributed by atoms with E-state index in [0.29, 0.717) is 26.2 Å². The molecule has 0 spiro atoms. The van der Waals surface area contributed by atoms with Gasteiger partial charge in [-0.2, -0.15) is 0 Å². The molecule has 0 aromatic heterocycles. The van der Waals surface area contributed by atoms with Gasteiger partial charge < -0.3 is 20.9 Å². The van der Waals surface area contributed by atoms with Crippen LogP contribution in [0.5, 0.6) is 0 Å². The Balaban J connectivity index is 2.38. The smallest absolute Gasteiger partial charge is 0.411 e. The Bertz CT molecular complexity index is 591. The van der Waals surface area contributed by atoms with Crippen molar-refractivity contribution < 1.29 is 24.2 Å². The number of hydrogen-bond acceptors (Lipinski definition) is 7. The standard InChI is InChI=1S/C18H32N4O5/c1-11(9-19)13(23)18(15(24)25)5-6-20-10-12(18)14-21-7-8-22(14)16(26)27-17(2,3)4/h11-12,14,20-21H,5-10,19H2,1-4H3,(H,24,25). The van der Waals surface area contributed by atoms with Crippen LogP contribution in [0.25, 0.3) is 0 Å². The van der Waals surface area contributed by atoms with Crippen molar-refractivity contribution in [1.29, 1.82) is 0 Å². The third-order valence-electron chi connectivity index (χ3n) is 5.37. The maximum atomic E-state index is 13.1. The summed E-state index contributed by atoms with van der Waals surface area (Å²) < 4.78 is 5.47. The normalized spacial score (nSPS) is 30.0. The molecule has 0 aromatic rings. The second-order valence-corrected chi connectivity index (χ2v) is 8.41. The first-order valence-corrected chi connectivity index (χ1v) is 9.46. The third-order valence-corrected chi connectivity index (χ3v) is 5.37. The highest BCUT2D eigenvalue weighted by Crippen LogP contribution is 2.41. The zero-order valence-corrected chi connectivity index (χ0v) is 16.6. The monoisotopic (exact) mass is 384 g/mol. The summed E-state index contributed by atoms with van der Waals surface area (Å²) in [5, 5.41) is 16.5. The number of nitrogens with one attached hydrogen (secondary N) is 2. The predicted molar refractivity (Wildman–Crippen MR) is 99.0 cm³/mol. The second kappa shape index (κ2) is 8.12. The molecule has 4 atom stereocenters. The Labute approximate surface area is 160 Å². The number of hydrogen-bond donors (Lipinski definition) is 4. The fourth-order valence-electron chi connectivity index (χ4n) is 3.97. The largest absolute Gasteiger partial charge is 0.480 e. The fourth-order valence-corrected chi connectivity index (χ4v) is 3.97. The number of rotatable bonds is 5. The van der Waals surface area contributed by atoms with Crippen LogP contribution in [0.2, 0.25) is 0 Å². The maximum absolute atomic E-state index is 13.1. The minimum atomic E-state index is -1.59. The van der Waals surface area contributed by atoms with Gasteiger partial charge in [0.15, 0.2) is 5.78 Å². The Morgan fingerprint density at radius 2 is 2.00 bits per heavy atom. The quantitative estimate of drug-likeness (QED) is 0.487. The molecular formula is C18H32N4O5. The number of amides is 1. The summed E-state index contributed by atoms with van der Waals surface area (Å²) in [5.74, 6) is -2.72. The number of piperidine rings is 1. The van der Waals surface area contributed by atoms with Crippen LogP contribution in [0.15, 0.2) is 0 Å². The number of aliphatic carboxylic acids is 1. The van der Waals surface area contributed by atoms with Crippen molar-refractivity contribution in [3.05, 3.63) is 0 Å². The highest BCUT2D eigenvalue weighted by molar-refractivity contribution is 6.04. The van der Waals surface area contributed by atoms with Crippen molar-refractivity contribution in [3.8, 4) is 0 Å². The Morgan fingerprint density at radius 1 is 1.33 bits per heavy atom.